The van der Waals surface area contributed by atoms with Gasteiger partial charge in [-0.3, -0.25) is 9.59 Å². The van der Waals surface area contributed by atoms with E-state index < -0.39 is 11.1 Å². The highest BCUT2D eigenvalue weighted by molar-refractivity contribution is 5.80. The van der Waals surface area contributed by atoms with Gasteiger partial charge in [0, 0.05) is 19.8 Å². The fraction of sp³-hybridized carbons (Fsp3) is 0.273. The molecule has 5 nitrogen and oxygen atoms in total. The minimum atomic E-state index is -0.543. The Balaban J connectivity index is 3.15. The van der Waals surface area contributed by atoms with Crippen molar-refractivity contribution in [3.63, 3.8) is 0 Å². The Hall–Kier alpha value is -2.04. The lowest BCUT2D eigenvalue weighted by molar-refractivity contribution is 0.798. The number of nitrogens with zero attached hydrogens (tertiary/aromatic N) is 2. The summed E-state index contributed by atoms with van der Waals surface area (Å²) in [5, 5.41) is 0. The molecule has 0 amide bonds. The average molecular weight is 219 g/mol. The maximum atomic E-state index is 11.6. The molecule has 5 heteroatoms. The van der Waals surface area contributed by atoms with Crippen LogP contribution in [-0.2, 0) is 14.1 Å². The van der Waals surface area contributed by atoms with Crippen LogP contribution < -0.4 is 16.9 Å². The topological polar surface area (TPSA) is 70.0 Å². The molecular weight excluding hydrogens is 206 g/mol. The highest BCUT2D eigenvalue weighted by atomic mass is 16.2. The van der Waals surface area contributed by atoms with Crippen LogP contribution in [0.3, 0.4) is 0 Å². The van der Waals surface area contributed by atoms with Crippen LogP contribution in [-0.4, -0.2) is 9.13 Å². The number of aromatic nitrogens is 2. The second-order valence-electron chi connectivity index (χ2n) is 3.93. The number of benzene rings is 1. The first-order valence-electron chi connectivity index (χ1n) is 4.89. The first kappa shape index (κ1) is 10.5. The molecule has 0 fully saturated rings. The summed E-state index contributed by atoms with van der Waals surface area (Å²) in [5.74, 6) is 0. The number of hydrogen-bond donors (Lipinski definition) is 1. The minimum Gasteiger partial charge on any atom is -0.398 e. The summed E-state index contributed by atoms with van der Waals surface area (Å²) in [6.45, 7) is 1.87. The van der Waals surface area contributed by atoms with Gasteiger partial charge in [0.15, 0.2) is 0 Å². The molecule has 0 unspecified atom stereocenters. The summed E-state index contributed by atoms with van der Waals surface area (Å²) >= 11 is 0. The summed E-state index contributed by atoms with van der Waals surface area (Å²) in [4.78, 5) is 23.2. The molecule has 0 saturated carbocycles. The molecule has 0 aliphatic heterocycles. The van der Waals surface area contributed by atoms with E-state index in [9.17, 15) is 9.59 Å². The number of anilines is 1. The number of hydrogen-bond acceptors (Lipinski definition) is 3. The maximum absolute atomic E-state index is 11.6. The molecule has 0 saturated heterocycles. The number of nitrogen functional groups attached to an aromatic ring is 1. The molecule has 2 rings (SSSR count). The van der Waals surface area contributed by atoms with Gasteiger partial charge < -0.3 is 14.9 Å². The normalized spacial score (nSPS) is 10.9. The molecule has 1 heterocycles. The molecule has 1 aromatic heterocycles. The number of nitrogens with two attached hydrogens (primary N) is 1. The van der Waals surface area contributed by atoms with Crippen molar-refractivity contribution in [1.29, 1.82) is 0 Å². The predicted octanol–water partition coefficient (Wildman–Crippen LogP) is 0.128. The Morgan fingerprint density at radius 1 is 1.00 bits per heavy atom. The van der Waals surface area contributed by atoms with E-state index in [0.29, 0.717) is 16.7 Å². The van der Waals surface area contributed by atoms with Crippen LogP contribution >= 0.6 is 0 Å². The predicted molar refractivity (Wildman–Crippen MR) is 63.6 cm³/mol. The summed E-state index contributed by atoms with van der Waals surface area (Å²) in [7, 11) is 3.16. The van der Waals surface area contributed by atoms with Crippen LogP contribution in [0.5, 0.6) is 0 Å². The van der Waals surface area contributed by atoms with Gasteiger partial charge in [0.1, 0.15) is 0 Å². The molecule has 0 spiro atoms. The molecule has 0 radical (unpaired) electrons. The largest absolute Gasteiger partial charge is 0.398 e. The van der Waals surface area contributed by atoms with Gasteiger partial charge in [-0.1, -0.05) is 0 Å². The van der Waals surface area contributed by atoms with Crippen LogP contribution in [0.25, 0.3) is 11.0 Å². The van der Waals surface area contributed by atoms with E-state index in [1.165, 1.54) is 9.13 Å². The van der Waals surface area contributed by atoms with E-state index >= 15 is 0 Å². The van der Waals surface area contributed by atoms with Crippen LogP contribution in [0.4, 0.5) is 5.69 Å². The molecule has 0 bridgehead atoms. The fourth-order valence-corrected chi connectivity index (χ4v) is 1.74. The van der Waals surface area contributed by atoms with Crippen LogP contribution in [0.15, 0.2) is 21.7 Å². The van der Waals surface area contributed by atoms with Gasteiger partial charge in [0.05, 0.1) is 11.0 Å². The summed E-state index contributed by atoms with van der Waals surface area (Å²) in [5.41, 5.74) is 7.59. The Morgan fingerprint density at radius 3 is 1.94 bits per heavy atom. The van der Waals surface area contributed by atoms with Gasteiger partial charge in [-0.15, -0.1) is 0 Å². The number of fused-ring (bicyclic) bond motifs is 1. The molecular formula is C11H13N3O2. The number of aryl methyl sites for hydroxylation is 3. The molecule has 2 aromatic rings. The Bertz CT molecular complexity index is 634. The van der Waals surface area contributed by atoms with Crippen molar-refractivity contribution in [3.8, 4) is 0 Å². The van der Waals surface area contributed by atoms with E-state index in [1.54, 1.807) is 20.2 Å². The van der Waals surface area contributed by atoms with Gasteiger partial charge in [-0.05, 0) is 24.6 Å². The SMILES string of the molecule is Cc1cc2c(cc1N)n(C)c(=O)c(=O)n2C. The summed E-state index contributed by atoms with van der Waals surface area (Å²) in [6.07, 6.45) is 0. The lowest BCUT2D eigenvalue weighted by Crippen LogP contribution is -2.39. The monoisotopic (exact) mass is 219 g/mol. The van der Waals surface area contributed by atoms with E-state index in [2.05, 4.69) is 0 Å². The summed E-state index contributed by atoms with van der Waals surface area (Å²) < 4.78 is 2.68. The highest BCUT2D eigenvalue weighted by Gasteiger charge is 2.09. The van der Waals surface area contributed by atoms with Crippen molar-refractivity contribution >= 4 is 16.7 Å². The van der Waals surface area contributed by atoms with Crippen LogP contribution in [0.2, 0.25) is 0 Å². The molecule has 2 N–H and O–H groups in total. The van der Waals surface area contributed by atoms with Gasteiger partial charge in [0.25, 0.3) is 0 Å². The maximum Gasteiger partial charge on any atom is 0.316 e. The van der Waals surface area contributed by atoms with Crippen LogP contribution in [0.1, 0.15) is 5.56 Å². The lowest BCUT2D eigenvalue weighted by atomic mass is 10.1. The zero-order valence-electron chi connectivity index (χ0n) is 9.44. The molecule has 16 heavy (non-hydrogen) atoms. The quantitative estimate of drug-likeness (QED) is 0.505. The van der Waals surface area contributed by atoms with E-state index in [0.717, 1.165) is 5.56 Å². The fourth-order valence-electron chi connectivity index (χ4n) is 1.74. The second kappa shape index (κ2) is 3.23. The molecule has 0 aliphatic carbocycles. The van der Waals surface area contributed by atoms with E-state index in [4.69, 9.17) is 5.73 Å². The first-order chi connectivity index (χ1) is 7.43. The van der Waals surface area contributed by atoms with E-state index in [1.807, 2.05) is 13.0 Å². The van der Waals surface area contributed by atoms with Crippen molar-refractivity contribution in [2.45, 2.75) is 6.92 Å². The Kier molecular flexibility index (Phi) is 2.11. The van der Waals surface area contributed by atoms with Gasteiger partial charge in [-0.2, -0.15) is 0 Å². The third kappa shape index (κ3) is 1.25. The highest BCUT2D eigenvalue weighted by Crippen LogP contribution is 2.18. The van der Waals surface area contributed by atoms with Crippen molar-refractivity contribution < 1.29 is 0 Å². The first-order valence-corrected chi connectivity index (χ1v) is 4.89. The van der Waals surface area contributed by atoms with Gasteiger partial charge in [0.2, 0.25) is 0 Å². The molecule has 1 aromatic carbocycles. The summed E-state index contributed by atoms with van der Waals surface area (Å²) in [6, 6.07) is 3.52. The zero-order valence-corrected chi connectivity index (χ0v) is 9.44. The second-order valence-corrected chi connectivity index (χ2v) is 3.93. The van der Waals surface area contributed by atoms with Gasteiger partial charge in [-0.25, -0.2) is 0 Å². The number of rotatable bonds is 0. The average Bonchev–Trinajstić information content (AvgIpc) is 2.26. The van der Waals surface area contributed by atoms with Crippen molar-refractivity contribution in [2.24, 2.45) is 14.1 Å². The molecule has 0 aliphatic rings. The minimum absolute atomic E-state index is 0.529. The third-order valence-electron chi connectivity index (χ3n) is 2.88. The Labute approximate surface area is 91.7 Å². The zero-order chi connectivity index (χ0) is 12.0. The van der Waals surface area contributed by atoms with Crippen molar-refractivity contribution in [2.75, 3.05) is 5.73 Å². The van der Waals surface area contributed by atoms with Crippen molar-refractivity contribution in [3.05, 3.63) is 38.4 Å². The smallest absolute Gasteiger partial charge is 0.316 e. The Morgan fingerprint density at radius 2 is 1.44 bits per heavy atom. The third-order valence-corrected chi connectivity index (χ3v) is 2.88. The van der Waals surface area contributed by atoms with E-state index in [-0.39, 0.29) is 0 Å². The standard InChI is InChI=1S/C11H13N3O2/c1-6-4-8-9(5-7(6)12)14(3)11(16)10(15)13(8)2/h4-5H,12H2,1-3H3. The van der Waals surface area contributed by atoms with Crippen LogP contribution in [0, 0.1) is 6.92 Å². The van der Waals surface area contributed by atoms with Gasteiger partial charge >= 0.3 is 11.1 Å². The van der Waals surface area contributed by atoms with Crippen molar-refractivity contribution in [1.82, 2.24) is 9.13 Å². The lowest BCUT2D eigenvalue weighted by Gasteiger charge is -2.10. The molecule has 0 atom stereocenters. The molecule has 84 valence electrons.